The zero-order valence-corrected chi connectivity index (χ0v) is 24.2. The van der Waals surface area contributed by atoms with Gasteiger partial charge in [0.2, 0.25) is 11.8 Å². The first-order chi connectivity index (χ1) is 19.8. The van der Waals surface area contributed by atoms with E-state index in [1.165, 1.54) is 24.6 Å². The molecule has 0 saturated carbocycles. The third-order valence-electron chi connectivity index (χ3n) is 8.42. The van der Waals surface area contributed by atoms with Crippen molar-refractivity contribution in [1.82, 2.24) is 24.7 Å². The fourth-order valence-corrected chi connectivity index (χ4v) is 5.92. The molecule has 11 nitrogen and oxygen atoms in total. The molecule has 3 fully saturated rings. The van der Waals surface area contributed by atoms with Crippen LogP contribution in [0.15, 0.2) is 36.9 Å². The number of hydrogen-bond donors (Lipinski definition) is 2. The standard InChI is InChI=1S/C30H42N8O3/c1-4-25-30(41-24-12-15-38(20-24)26(39)5-2)34-29(27(33-25)28(31)40)32-21-6-8-22(9-7-21)36-13-10-23(11-14-36)37-18-16-35(3)17-19-37/h5-9,23-24H,2,4,10-20H2,1,3H3,(H2,31,40)(H,32,34)/t24-/m0/s1. The van der Waals surface area contributed by atoms with Crippen LogP contribution in [0, 0.1) is 0 Å². The van der Waals surface area contributed by atoms with E-state index in [1.807, 2.05) is 19.1 Å². The summed E-state index contributed by atoms with van der Waals surface area (Å²) >= 11 is 0. The van der Waals surface area contributed by atoms with Crippen molar-refractivity contribution >= 4 is 29.0 Å². The summed E-state index contributed by atoms with van der Waals surface area (Å²) in [6, 6.07) is 8.83. The van der Waals surface area contributed by atoms with Gasteiger partial charge in [-0.3, -0.25) is 14.5 Å². The minimum Gasteiger partial charge on any atom is -0.471 e. The molecule has 11 heteroatoms. The Morgan fingerprint density at radius 3 is 2.39 bits per heavy atom. The topological polar surface area (TPSA) is 120 Å². The minimum atomic E-state index is -0.662. The maximum absolute atomic E-state index is 12.3. The van der Waals surface area contributed by atoms with E-state index in [4.69, 9.17) is 10.5 Å². The molecule has 220 valence electrons. The molecule has 5 rings (SSSR count). The molecule has 0 unspecified atom stereocenters. The van der Waals surface area contributed by atoms with Gasteiger partial charge in [-0.15, -0.1) is 0 Å². The van der Waals surface area contributed by atoms with Crippen LogP contribution < -0.4 is 20.7 Å². The Hall–Kier alpha value is -3.70. The SMILES string of the molecule is C=CC(=O)N1CC[C@H](Oc2nc(Nc3ccc(N4CCC(N5CCN(C)CC5)CC4)cc3)c(C(N)=O)nc2CC)C1. The number of nitrogens with zero attached hydrogens (tertiary/aromatic N) is 6. The van der Waals surface area contributed by atoms with Gasteiger partial charge in [-0.25, -0.2) is 4.98 Å². The number of nitrogens with two attached hydrogens (primary N) is 1. The second kappa shape index (κ2) is 12.9. The van der Waals surface area contributed by atoms with E-state index in [0.29, 0.717) is 43.5 Å². The molecule has 4 heterocycles. The van der Waals surface area contributed by atoms with E-state index in [9.17, 15) is 9.59 Å². The largest absolute Gasteiger partial charge is 0.471 e. The molecular formula is C30H42N8O3. The van der Waals surface area contributed by atoms with Crippen molar-refractivity contribution in [3.63, 3.8) is 0 Å². The monoisotopic (exact) mass is 562 g/mol. The quantitative estimate of drug-likeness (QED) is 0.444. The van der Waals surface area contributed by atoms with E-state index in [2.05, 4.69) is 55.7 Å². The van der Waals surface area contributed by atoms with Gasteiger partial charge in [0, 0.05) is 69.7 Å². The molecule has 0 radical (unpaired) electrons. The lowest BCUT2D eigenvalue weighted by atomic mass is 10.0. The Balaban J connectivity index is 1.24. The predicted molar refractivity (Wildman–Crippen MR) is 160 cm³/mol. The third kappa shape index (κ3) is 6.79. The minimum absolute atomic E-state index is 0.0686. The number of nitrogens with one attached hydrogen (secondary N) is 1. The number of likely N-dealkylation sites (N-methyl/N-ethyl adjacent to an activating group) is 1. The van der Waals surface area contributed by atoms with Gasteiger partial charge in [0.05, 0.1) is 6.54 Å². The van der Waals surface area contributed by atoms with Crippen molar-refractivity contribution in [2.24, 2.45) is 5.73 Å². The molecule has 3 N–H and O–H groups in total. The Kier molecular flexibility index (Phi) is 9.04. The number of likely N-dealkylation sites (tertiary alicyclic amines) is 1. The average molecular weight is 563 g/mol. The Morgan fingerprint density at radius 2 is 1.76 bits per heavy atom. The van der Waals surface area contributed by atoms with Crippen molar-refractivity contribution in [2.75, 3.05) is 69.6 Å². The zero-order valence-electron chi connectivity index (χ0n) is 24.2. The van der Waals surface area contributed by atoms with Crippen LogP contribution in [0.4, 0.5) is 17.2 Å². The summed E-state index contributed by atoms with van der Waals surface area (Å²) in [6.45, 7) is 13.2. The van der Waals surface area contributed by atoms with E-state index < -0.39 is 5.91 Å². The first-order valence-corrected chi connectivity index (χ1v) is 14.7. The summed E-state index contributed by atoms with van der Waals surface area (Å²) < 4.78 is 6.19. The number of piperazine rings is 1. The summed E-state index contributed by atoms with van der Waals surface area (Å²) in [4.78, 5) is 42.6. The van der Waals surface area contributed by atoms with Gasteiger partial charge in [0.15, 0.2) is 11.5 Å². The molecule has 0 spiro atoms. The zero-order chi connectivity index (χ0) is 28.9. The maximum atomic E-state index is 12.3. The number of rotatable bonds is 9. The van der Waals surface area contributed by atoms with E-state index in [1.54, 1.807) is 4.90 Å². The highest BCUT2D eigenvalue weighted by molar-refractivity contribution is 5.96. The van der Waals surface area contributed by atoms with Crippen LogP contribution in [0.2, 0.25) is 0 Å². The number of benzene rings is 1. The van der Waals surface area contributed by atoms with Crippen molar-refractivity contribution in [1.29, 1.82) is 0 Å². The van der Waals surface area contributed by atoms with Gasteiger partial charge < -0.3 is 30.5 Å². The van der Waals surface area contributed by atoms with E-state index >= 15 is 0 Å². The smallest absolute Gasteiger partial charge is 0.271 e. The highest BCUT2D eigenvalue weighted by atomic mass is 16.5. The first-order valence-electron chi connectivity index (χ1n) is 14.7. The summed E-state index contributed by atoms with van der Waals surface area (Å²) in [6.07, 6.45) is 4.64. The lowest BCUT2D eigenvalue weighted by Gasteiger charge is -2.42. The van der Waals surface area contributed by atoms with Crippen molar-refractivity contribution in [2.45, 2.75) is 44.8 Å². The molecule has 1 aromatic heterocycles. The highest BCUT2D eigenvalue weighted by Gasteiger charge is 2.29. The average Bonchev–Trinajstić information content (AvgIpc) is 3.46. The van der Waals surface area contributed by atoms with Crippen LogP contribution in [0.3, 0.4) is 0 Å². The molecule has 3 aliphatic heterocycles. The lowest BCUT2D eigenvalue weighted by molar-refractivity contribution is -0.125. The summed E-state index contributed by atoms with van der Waals surface area (Å²) in [5.74, 6) is -0.183. The fourth-order valence-electron chi connectivity index (χ4n) is 5.92. The number of piperidine rings is 1. The van der Waals surface area contributed by atoms with Crippen molar-refractivity contribution in [3.05, 3.63) is 48.3 Å². The molecule has 2 amide bonds. The maximum Gasteiger partial charge on any atom is 0.271 e. The molecule has 0 aliphatic carbocycles. The van der Waals surface area contributed by atoms with Gasteiger partial charge in [-0.1, -0.05) is 13.5 Å². The fraction of sp³-hybridized carbons (Fsp3) is 0.533. The van der Waals surface area contributed by atoms with E-state index in [-0.39, 0.29) is 23.5 Å². The van der Waals surface area contributed by atoms with Crippen LogP contribution in [-0.4, -0.2) is 108 Å². The van der Waals surface area contributed by atoms with Crippen molar-refractivity contribution in [3.8, 4) is 5.88 Å². The summed E-state index contributed by atoms with van der Waals surface area (Å²) in [5.41, 5.74) is 8.25. The normalized spacial score (nSPS) is 20.7. The van der Waals surface area contributed by atoms with Crippen LogP contribution in [0.5, 0.6) is 5.88 Å². The number of aromatic nitrogens is 2. The van der Waals surface area contributed by atoms with Gasteiger partial charge >= 0.3 is 0 Å². The third-order valence-corrected chi connectivity index (χ3v) is 8.42. The molecule has 3 aliphatic rings. The second-order valence-electron chi connectivity index (χ2n) is 11.1. The van der Waals surface area contributed by atoms with Crippen LogP contribution >= 0.6 is 0 Å². The lowest BCUT2D eigenvalue weighted by Crippen LogP contribution is -2.52. The number of carbonyl (C=O) groups excluding carboxylic acids is 2. The Morgan fingerprint density at radius 1 is 1.05 bits per heavy atom. The molecule has 0 bridgehead atoms. The number of carbonyl (C=O) groups is 2. The number of amides is 2. The predicted octanol–water partition coefficient (Wildman–Crippen LogP) is 2.26. The molecule has 41 heavy (non-hydrogen) atoms. The van der Waals surface area contributed by atoms with Gasteiger partial charge in [-0.05, 0) is 56.7 Å². The molecular weight excluding hydrogens is 520 g/mol. The van der Waals surface area contributed by atoms with Crippen LogP contribution in [-0.2, 0) is 11.2 Å². The number of anilines is 3. The molecule has 1 atom stereocenters. The number of ether oxygens (including phenoxy) is 1. The number of hydrogen-bond acceptors (Lipinski definition) is 9. The highest BCUT2D eigenvalue weighted by Crippen LogP contribution is 2.29. The van der Waals surface area contributed by atoms with Gasteiger partial charge in [0.1, 0.15) is 11.8 Å². The van der Waals surface area contributed by atoms with Crippen molar-refractivity contribution < 1.29 is 14.3 Å². The molecule has 3 saturated heterocycles. The Bertz CT molecular complexity index is 1240. The van der Waals surface area contributed by atoms with Crippen LogP contribution in [0.25, 0.3) is 0 Å². The molecule has 2 aromatic rings. The van der Waals surface area contributed by atoms with Gasteiger partial charge in [0.25, 0.3) is 5.91 Å². The van der Waals surface area contributed by atoms with E-state index in [0.717, 1.165) is 45.0 Å². The number of primary amides is 1. The second-order valence-corrected chi connectivity index (χ2v) is 11.1. The summed E-state index contributed by atoms with van der Waals surface area (Å²) in [5, 5.41) is 3.23. The summed E-state index contributed by atoms with van der Waals surface area (Å²) in [7, 11) is 2.20. The van der Waals surface area contributed by atoms with Gasteiger partial charge in [-0.2, -0.15) is 4.98 Å². The first kappa shape index (κ1) is 28.8. The Labute approximate surface area is 242 Å². The molecule has 1 aromatic carbocycles. The number of aryl methyl sites for hydroxylation is 1. The van der Waals surface area contributed by atoms with Crippen LogP contribution in [0.1, 0.15) is 42.4 Å².